The van der Waals surface area contributed by atoms with Gasteiger partial charge >= 0.3 is 5.97 Å². The first-order valence-corrected chi connectivity index (χ1v) is 10.9. The number of nitrogens with one attached hydrogen (secondary N) is 1. The van der Waals surface area contributed by atoms with Gasteiger partial charge in [0.1, 0.15) is 0 Å². The number of aryl methyl sites for hydroxylation is 2. The number of nitrogens with zero attached hydrogens (tertiary/aromatic N) is 2. The van der Waals surface area contributed by atoms with Crippen molar-refractivity contribution in [3.8, 4) is 0 Å². The Morgan fingerprint density at radius 2 is 1.94 bits per heavy atom. The molecule has 0 spiro atoms. The molecule has 6 heteroatoms. The van der Waals surface area contributed by atoms with Crippen LogP contribution < -0.4 is 10.2 Å². The fourth-order valence-corrected chi connectivity index (χ4v) is 4.45. The molecule has 0 bridgehead atoms. The summed E-state index contributed by atoms with van der Waals surface area (Å²) in [5.74, 6) is -0.605. The van der Waals surface area contributed by atoms with Crippen molar-refractivity contribution in [2.45, 2.75) is 32.1 Å². The number of benzene rings is 2. The third-order valence-electron chi connectivity index (χ3n) is 6.06. The number of carboxylic acid groups (broad SMARTS) is 1. The van der Waals surface area contributed by atoms with Gasteiger partial charge in [0.15, 0.2) is 0 Å². The molecule has 1 aromatic heterocycles. The summed E-state index contributed by atoms with van der Waals surface area (Å²) in [7, 11) is 2.06. The van der Waals surface area contributed by atoms with E-state index in [4.69, 9.17) is 11.6 Å². The van der Waals surface area contributed by atoms with E-state index >= 15 is 0 Å². The lowest BCUT2D eigenvalue weighted by Gasteiger charge is -2.29. The molecule has 2 aromatic carbocycles. The third-order valence-corrected chi connectivity index (χ3v) is 6.31. The Hall–Kier alpha value is -3.05. The second-order valence-electron chi connectivity index (χ2n) is 8.01. The lowest BCUT2D eigenvalue weighted by Crippen LogP contribution is -2.20. The largest absolute Gasteiger partial charge is 0.478 e. The van der Waals surface area contributed by atoms with Crippen molar-refractivity contribution in [2.24, 2.45) is 0 Å². The number of pyridine rings is 1. The predicted octanol–water partition coefficient (Wildman–Crippen LogP) is 6.04. The summed E-state index contributed by atoms with van der Waals surface area (Å²) in [5.41, 5.74) is 6.52. The number of anilines is 3. The highest BCUT2D eigenvalue weighted by molar-refractivity contribution is 6.30. The standard InChI is InChI=1S/C25H26ClN3O2/c1-16-24(23(25(30)31)12-13-27-16)28-15-18-5-3-4-17-14-21(10-11-22(17)18)29(2)20-8-6-19(26)7-9-20/h6-14,18,28H,3-5,15H2,1-2H3,(H,30,31)/t18-/m0/s1. The molecule has 160 valence electrons. The van der Waals surface area contributed by atoms with Crippen LogP contribution in [0.3, 0.4) is 0 Å². The lowest BCUT2D eigenvalue weighted by molar-refractivity contribution is 0.0697. The van der Waals surface area contributed by atoms with Crippen LogP contribution in [0.2, 0.25) is 5.02 Å². The van der Waals surface area contributed by atoms with Gasteiger partial charge in [-0.05, 0) is 79.8 Å². The second-order valence-corrected chi connectivity index (χ2v) is 8.45. The highest BCUT2D eigenvalue weighted by atomic mass is 35.5. The number of carboxylic acids is 1. The van der Waals surface area contributed by atoms with E-state index < -0.39 is 5.97 Å². The van der Waals surface area contributed by atoms with Crippen molar-refractivity contribution in [1.29, 1.82) is 0 Å². The maximum absolute atomic E-state index is 11.6. The molecule has 5 nitrogen and oxygen atoms in total. The highest BCUT2D eigenvalue weighted by Crippen LogP contribution is 2.36. The molecule has 0 fully saturated rings. The van der Waals surface area contributed by atoms with Crippen molar-refractivity contribution in [3.05, 3.63) is 82.1 Å². The van der Waals surface area contributed by atoms with Crippen LogP contribution in [0.15, 0.2) is 54.7 Å². The minimum Gasteiger partial charge on any atom is -0.478 e. The monoisotopic (exact) mass is 435 g/mol. The molecule has 3 aromatic rings. The number of hydrogen-bond donors (Lipinski definition) is 2. The highest BCUT2D eigenvalue weighted by Gasteiger charge is 2.22. The number of halogens is 1. The average Bonchev–Trinajstić information content (AvgIpc) is 2.77. The van der Waals surface area contributed by atoms with E-state index in [1.807, 2.05) is 31.2 Å². The molecule has 0 radical (unpaired) electrons. The zero-order valence-electron chi connectivity index (χ0n) is 17.7. The summed E-state index contributed by atoms with van der Waals surface area (Å²) < 4.78 is 0. The van der Waals surface area contributed by atoms with Crippen LogP contribution in [0.1, 0.15) is 45.9 Å². The number of aromatic nitrogens is 1. The van der Waals surface area contributed by atoms with Crippen LogP contribution in [0.4, 0.5) is 17.1 Å². The van der Waals surface area contributed by atoms with Gasteiger partial charge in [-0.2, -0.15) is 0 Å². The molecule has 1 heterocycles. The van der Waals surface area contributed by atoms with Gasteiger partial charge in [0.25, 0.3) is 0 Å². The zero-order chi connectivity index (χ0) is 22.0. The second kappa shape index (κ2) is 8.98. The molecule has 4 rings (SSSR count). The van der Waals surface area contributed by atoms with Crippen LogP contribution in [-0.4, -0.2) is 29.7 Å². The number of carbonyl (C=O) groups is 1. The van der Waals surface area contributed by atoms with Gasteiger partial charge in [0, 0.05) is 42.1 Å². The van der Waals surface area contributed by atoms with Gasteiger partial charge in [-0.1, -0.05) is 17.7 Å². The summed E-state index contributed by atoms with van der Waals surface area (Å²) in [4.78, 5) is 18.0. The van der Waals surface area contributed by atoms with Gasteiger partial charge in [0.05, 0.1) is 16.9 Å². The van der Waals surface area contributed by atoms with Crippen LogP contribution in [0.25, 0.3) is 0 Å². The van der Waals surface area contributed by atoms with E-state index in [2.05, 4.69) is 40.4 Å². The summed E-state index contributed by atoms with van der Waals surface area (Å²) in [5, 5.41) is 13.6. The quantitative estimate of drug-likeness (QED) is 0.494. The first kappa shape index (κ1) is 21.2. The van der Waals surface area contributed by atoms with E-state index in [-0.39, 0.29) is 5.56 Å². The average molecular weight is 436 g/mol. The predicted molar refractivity (Wildman–Crippen MR) is 126 cm³/mol. The van der Waals surface area contributed by atoms with E-state index in [1.54, 1.807) is 12.3 Å². The normalized spacial score (nSPS) is 15.3. The minimum absolute atomic E-state index is 0.267. The Bertz CT molecular complexity index is 1100. The molecule has 1 aliphatic rings. The summed E-state index contributed by atoms with van der Waals surface area (Å²) in [6, 6.07) is 16.0. The molecule has 0 saturated carbocycles. The topological polar surface area (TPSA) is 65.5 Å². The summed E-state index contributed by atoms with van der Waals surface area (Å²) >= 11 is 6.02. The molecule has 0 saturated heterocycles. The Morgan fingerprint density at radius 3 is 2.68 bits per heavy atom. The Labute approximate surface area is 187 Å². The molecule has 1 aliphatic carbocycles. The number of fused-ring (bicyclic) bond motifs is 1. The van der Waals surface area contributed by atoms with Gasteiger partial charge < -0.3 is 15.3 Å². The third kappa shape index (κ3) is 4.52. The van der Waals surface area contributed by atoms with Crippen molar-refractivity contribution in [2.75, 3.05) is 23.8 Å². The lowest BCUT2D eigenvalue weighted by atomic mass is 9.82. The van der Waals surface area contributed by atoms with E-state index in [0.717, 1.165) is 35.7 Å². The molecule has 0 unspecified atom stereocenters. The van der Waals surface area contributed by atoms with Crippen molar-refractivity contribution >= 4 is 34.6 Å². The fourth-order valence-electron chi connectivity index (χ4n) is 4.33. The Morgan fingerprint density at radius 1 is 1.19 bits per heavy atom. The van der Waals surface area contributed by atoms with Crippen LogP contribution in [0, 0.1) is 6.92 Å². The smallest absolute Gasteiger partial charge is 0.337 e. The Kier molecular flexibility index (Phi) is 6.14. The first-order chi connectivity index (χ1) is 14.9. The van der Waals surface area contributed by atoms with Crippen LogP contribution in [-0.2, 0) is 6.42 Å². The van der Waals surface area contributed by atoms with Crippen molar-refractivity contribution in [1.82, 2.24) is 4.98 Å². The van der Waals surface area contributed by atoms with E-state index in [9.17, 15) is 9.90 Å². The molecule has 31 heavy (non-hydrogen) atoms. The minimum atomic E-state index is -0.938. The molecule has 0 aliphatic heterocycles. The van der Waals surface area contributed by atoms with Gasteiger partial charge in [-0.25, -0.2) is 4.79 Å². The Balaban J connectivity index is 1.54. The van der Waals surface area contributed by atoms with Crippen molar-refractivity contribution in [3.63, 3.8) is 0 Å². The molecular weight excluding hydrogens is 410 g/mol. The van der Waals surface area contributed by atoms with Gasteiger partial charge in [-0.3, -0.25) is 4.98 Å². The first-order valence-electron chi connectivity index (χ1n) is 10.5. The SMILES string of the molecule is Cc1nccc(C(=O)O)c1NC[C@@H]1CCCc2cc(N(C)c3ccc(Cl)cc3)ccc21. The molecular formula is C25H26ClN3O2. The summed E-state index contributed by atoms with van der Waals surface area (Å²) in [6.07, 6.45) is 4.79. The van der Waals surface area contributed by atoms with Crippen LogP contribution >= 0.6 is 11.6 Å². The zero-order valence-corrected chi connectivity index (χ0v) is 18.5. The van der Waals surface area contributed by atoms with Gasteiger partial charge in [-0.15, -0.1) is 0 Å². The number of rotatable bonds is 6. The summed E-state index contributed by atoms with van der Waals surface area (Å²) in [6.45, 7) is 2.52. The number of hydrogen-bond acceptors (Lipinski definition) is 4. The van der Waals surface area contributed by atoms with E-state index in [0.29, 0.717) is 23.8 Å². The maximum atomic E-state index is 11.6. The molecule has 0 amide bonds. The van der Waals surface area contributed by atoms with Crippen LogP contribution in [0.5, 0.6) is 0 Å². The van der Waals surface area contributed by atoms with E-state index in [1.165, 1.54) is 11.1 Å². The number of aromatic carboxylic acids is 1. The molecule has 1 atom stereocenters. The van der Waals surface area contributed by atoms with Crippen molar-refractivity contribution < 1.29 is 9.90 Å². The maximum Gasteiger partial charge on any atom is 0.337 e. The van der Waals surface area contributed by atoms with Gasteiger partial charge in [0.2, 0.25) is 0 Å². The fraction of sp³-hybridized carbons (Fsp3) is 0.280. The molecule has 2 N–H and O–H groups in total.